The van der Waals surface area contributed by atoms with Gasteiger partial charge in [0.25, 0.3) is 0 Å². The van der Waals surface area contributed by atoms with Crippen LogP contribution in [0.1, 0.15) is 36.3 Å². The maximum Gasteiger partial charge on any atom is 0.234 e. The maximum absolute atomic E-state index is 4.61. The fourth-order valence-electron chi connectivity index (χ4n) is 2.50. The monoisotopic (exact) mass is 269 g/mol. The minimum Gasteiger partial charge on any atom is -0.329 e. The summed E-state index contributed by atoms with van der Waals surface area (Å²) in [5.41, 5.74) is 3.17. The van der Waals surface area contributed by atoms with Crippen molar-refractivity contribution >= 4 is 5.78 Å². The lowest BCUT2D eigenvalue weighted by molar-refractivity contribution is 0.696. The number of aromatic nitrogens is 5. The lowest BCUT2D eigenvalue weighted by atomic mass is 10.3. The summed E-state index contributed by atoms with van der Waals surface area (Å²) in [6, 6.07) is 2.07. The van der Waals surface area contributed by atoms with Crippen molar-refractivity contribution < 1.29 is 0 Å². The van der Waals surface area contributed by atoms with Gasteiger partial charge in [-0.05, 0) is 26.3 Å². The van der Waals surface area contributed by atoms with Crippen molar-refractivity contribution in [3.8, 4) is 0 Å². The Morgan fingerprint density at radius 2 is 2.05 bits per heavy atom. The Labute approximate surface area is 118 Å². The second-order valence-corrected chi connectivity index (χ2v) is 5.16. The molecule has 0 unspecified atom stereocenters. The Kier molecular flexibility index (Phi) is 3.26. The summed E-state index contributed by atoms with van der Waals surface area (Å²) >= 11 is 0. The Morgan fingerprint density at radius 3 is 2.85 bits per heavy atom. The Hall–Kier alpha value is -2.17. The molecular weight excluding hydrogens is 250 g/mol. The highest BCUT2D eigenvalue weighted by atomic mass is 15.1. The highest BCUT2D eigenvalue weighted by Gasteiger charge is 2.08. The third kappa shape index (κ3) is 2.31. The average Bonchev–Trinajstić information content (AvgIpc) is 2.98. The zero-order valence-corrected chi connectivity index (χ0v) is 12.2. The molecule has 0 aromatic carbocycles. The smallest absolute Gasteiger partial charge is 0.234 e. The van der Waals surface area contributed by atoms with E-state index in [1.807, 2.05) is 23.7 Å². The van der Waals surface area contributed by atoms with Gasteiger partial charge in [-0.3, -0.25) is 4.40 Å². The van der Waals surface area contributed by atoms with E-state index in [1.165, 1.54) is 0 Å². The molecule has 0 bridgehead atoms. The molecule has 3 rings (SSSR count). The maximum atomic E-state index is 4.61. The van der Waals surface area contributed by atoms with Gasteiger partial charge in [-0.1, -0.05) is 6.92 Å². The molecule has 0 aliphatic rings. The molecule has 0 spiro atoms. The Balaban J connectivity index is 1.95. The van der Waals surface area contributed by atoms with Crippen molar-refractivity contribution in [2.24, 2.45) is 0 Å². The number of aryl methyl sites for hydroxylation is 3. The van der Waals surface area contributed by atoms with Crippen molar-refractivity contribution in [1.82, 2.24) is 23.9 Å². The van der Waals surface area contributed by atoms with Crippen LogP contribution >= 0.6 is 0 Å². The number of fused-ring (bicyclic) bond motifs is 1. The lowest BCUT2D eigenvalue weighted by Gasteiger charge is -2.04. The van der Waals surface area contributed by atoms with Crippen molar-refractivity contribution in [1.29, 1.82) is 0 Å². The molecule has 0 radical (unpaired) electrons. The highest BCUT2D eigenvalue weighted by molar-refractivity contribution is 5.34. The summed E-state index contributed by atoms with van der Waals surface area (Å²) in [6.45, 7) is 6.99. The first-order chi connectivity index (χ1) is 9.67. The molecule has 0 N–H and O–H groups in total. The second-order valence-electron chi connectivity index (χ2n) is 5.16. The van der Waals surface area contributed by atoms with E-state index in [9.17, 15) is 0 Å². The van der Waals surface area contributed by atoms with Crippen LogP contribution in [0.2, 0.25) is 0 Å². The molecular formula is C15H19N5. The second kappa shape index (κ2) is 5.07. The van der Waals surface area contributed by atoms with Gasteiger partial charge in [0.05, 0.1) is 12.2 Å². The molecule has 0 saturated heterocycles. The largest absolute Gasteiger partial charge is 0.329 e. The van der Waals surface area contributed by atoms with Crippen LogP contribution in [0, 0.1) is 13.8 Å². The van der Waals surface area contributed by atoms with Gasteiger partial charge < -0.3 is 4.57 Å². The van der Waals surface area contributed by atoms with Crippen LogP contribution in [-0.2, 0) is 13.0 Å². The van der Waals surface area contributed by atoms with Gasteiger partial charge in [-0.25, -0.2) is 15.0 Å². The van der Waals surface area contributed by atoms with Crippen LogP contribution in [-0.4, -0.2) is 23.9 Å². The molecule has 0 aliphatic heterocycles. The summed E-state index contributed by atoms with van der Waals surface area (Å²) in [5, 5.41) is 0. The lowest BCUT2D eigenvalue weighted by Crippen LogP contribution is -2.04. The highest BCUT2D eigenvalue weighted by Crippen LogP contribution is 2.11. The van der Waals surface area contributed by atoms with Gasteiger partial charge in [0.2, 0.25) is 5.78 Å². The minimum atomic E-state index is 0.747. The topological polar surface area (TPSA) is 48.0 Å². The first-order valence-electron chi connectivity index (χ1n) is 6.99. The molecule has 0 atom stereocenters. The van der Waals surface area contributed by atoms with E-state index in [-0.39, 0.29) is 0 Å². The van der Waals surface area contributed by atoms with Crippen LogP contribution in [0.15, 0.2) is 24.7 Å². The molecule has 104 valence electrons. The quantitative estimate of drug-likeness (QED) is 0.731. The minimum absolute atomic E-state index is 0.747. The van der Waals surface area contributed by atoms with Crippen molar-refractivity contribution in [2.45, 2.75) is 40.2 Å². The van der Waals surface area contributed by atoms with Crippen LogP contribution < -0.4 is 0 Å². The van der Waals surface area contributed by atoms with Gasteiger partial charge in [0, 0.05) is 36.4 Å². The standard InChI is InChI=1S/C15H19N5/c1-4-5-14-16-6-7-19(14)9-13-10-20-12(3)8-11(2)17-15(20)18-13/h6-8,10H,4-5,9H2,1-3H3. The van der Waals surface area contributed by atoms with Crippen LogP contribution in [0.4, 0.5) is 0 Å². The summed E-state index contributed by atoms with van der Waals surface area (Å²) in [7, 11) is 0. The van der Waals surface area contributed by atoms with Gasteiger partial charge in [0.15, 0.2) is 0 Å². The zero-order valence-electron chi connectivity index (χ0n) is 12.2. The van der Waals surface area contributed by atoms with Crippen LogP contribution in [0.3, 0.4) is 0 Å². The molecule has 3 heterocycles. The number of nitrogens with zero attached hydrogens (tertiary/aromatic N) is 5. The third-order valence-electron chi connectivity index (χ3n) is 3.42. The van der Waals surface area contributed by atoms with E-state index in [0.29, 0.717) is 0 Å². The van der Waals surface area contributed by atoms with Crippen molar-refractivity contribution in [3.63, 3.8) is 0 Å². The van der Waals surface area contributed by atoms with Crippen LogP contribution in [0.5, 0.6) is 0 Å². The number of rotatable bonds is 4. The van der Waals surface area contributed by atoms with E-state index in [2.05, 4.69) is 45.6 Å². The van der Waals surface area contributed by atoms with Gasteiger partial charge in [0.1, 0.15) is 5.82 Å². The summed E-state index contributed by atoms with van der Waals surface area (Å²) in [4.78, 5) is 13.5. The number of hydrogen-bond donors (Lipinski definition) is 0. The SMILES string of the molecule is CCCc1nccn1Cc1cn2c(C)cc(C)nc2n1. The molecule has 3 aromatic rings. The molecule has 5 heteroatoms. The molecule has 5 nitrogen and oxygen atoms in total. The summed E-state index contributed by atoms with van der Waals surface area (Å²) < 4.78 is 4.20. The Morgan fingerprint density at radius 1 is 1.20 bits per heavy atom. The van der Waals surface area contributed by atoms with Gasteiger partial charge >= 0.3 is 0 Å². The van der Waals surface area contributed by atoms with Gasteiger partial charge in [-0.15, -0.1) is 0 Å². The molecule has 0 saturated carbocycles. The average molecular weight is 269 g/mol. The Bertz CT molecular complexity index is 738. The van der Waals surface area contributed by atoms with E-state index in [0.717, 1.165) is 48.1 Å². The van der Waals surface area contributed by atoms with Crippen molar-refractivity contribution in [3.05, 3.63) is 47.6 Å². The molecule has 0 aliphatic carbocycles. The fourth-order valence-corrected chi connectivity index (χ4v) is 2.50. The van der Waals surface area contributed by atoms with E-state index < -0.39 is 0 Å². The first-order valence-corrected chi connectivity index (χ1v) is 6.99. The van der Waals surface area contributed by atoms with E-state index in [4.69, 9.17) is 0 Å². The summed E-state index contributed by atoms with van der Waals surface area (Å²) in [6.07, 6.45) is 8.03. The van der Waals surface area contributed by atoms with Crippen LogP contribution in [0.25, 0.3) is 5.78 Å². The predicted octanol–water partition coefficient (Wildman–Crippen LogP) is 2.54. The zero-order chi connectivity index (χ0) is 14.1. The molecule has 3 aromatic heterocycles. The van der Waals surface area contributed by atoms with Gasteiger partial charge in [-0.2, -0.15) is 0 Å². The normalized spacial score (nSPS) is 11.3. The summed E-state index contributed by atoms with van der Waals surface area (Å²) in [5.74, 6) is 1.89. The molecule has 0 amide bonds. The first kappa shape index (κ1) is 12.8. The number of hydrogen-bond acceptors (Lipinski definition) is 3. The molecule has 20 heavy (non-hydrogen) atoms. The predicted molar refractivity (Wildman–Crippen MR) is 77.8 cm³/mol. The van der Waals surface area contributed by atoms with E-state index in [1.54, 1.807) is 0 Å². The molecule has 0 fully saturated rings. The third-order valence-corrected chi connectivity index (χ3v) is 3.42. The number of imidazole rings is 2. The van der Waals surface area contributed by atoms with E-state index >= 15 is 0 Å². The fraction of sp³-hybridized carbons (Fsp3) is 0.400. The van der Waals surface area contributed by atoms with Crippen molar-refractivity contribution in [2.75, 3.05) is 0 Å².